The summed E-state index contributed by atoms with van der Waals surface area (Å²) in [6.45, 7) is 0.623. The van der Waals surface area contributed by atoms with Crippen molar-refractivity contribution in [3.05, 3.63) is 46.3 Å². The van der Waals surface area contributed by atoms with Crippen LogP contribution < -0.4 is 5.56 Å². The van der Waals surface area contributed by atoms with Gasteiger partial charge in [-0.2, -0.15) is 0 Å². The van der Waals surface area contributed by atoms with Gasteiger partial charge >= 0.3 is 0 Å². The summed E-state index contributed by atoms with van der Waals surface area (Å²) in [5, 5.41) is 1.31. The molecule has 1 amide bonds. The molecule has 0 atom stereocenters. The molecule has 1 aromatic carbocycles. The monoisotopic (exact) mass is 439 g/mol. The highest BCUT2D eigenvalue weighted by atomic mass is 32.2. The van der Waals surface area contributed by atoms with Gasteiger partial charge in [-0.15, -0.1) is 0 Å². The van der Waals surface area contributed by atoms with Gasteiger partial charge in [0.2, 0.25) is 5.91 Å². The summed E-state index contributed by atoms with van der Waals surface area (Å²) in [7, 11) is 1.93. The van der Waals surface area contributed by atoms with Crippen LogP contribution in [-0.4, -0.2) is 39.2 Å². The van der Waals surface area contributed by atoms with Gasteiger partial charge in [0.25, 0.3) is 5.56 Å². The molecule has 2 aliphatic carbocycles. The normalized spacial score (nSPS) is 17.5. The fourth-order valence-electron chi connectivity index (χ4n) is 4.74. The third kappa shape index (κ3) is 5.40. The molecule has 166 valence electrons. The second-order valence-electron chi connectivity index (χ2n) is 8.81. The SMILES string of the molecule is CN(C(=O)CSc1nc2ccccc2c(=O)n1CCC1=CCCCC1)C1CCCCC1. The minimum absolute atomic E-state index is 0.00223. The first-order chi connectivity index (χ1) is 15.1. The molecule has 2 aromatic rings. The molecule has 6 heteroatoms. The van der Waals surface area contributed by atoms with Crippen molar-refractivity contribution in [3.8, 4) is 0 Å². The van der Waals surface area contributed by atoms with Crippen LogP contribution in [0.3, 0.4) is 0 Å². The Morgan fingerprint density at radius 1 is 1.16 bits per heavy atom. The second-order valence-corrected chi connectivity index (χ2v) is 9.75. The van der Waals surface area contributed by atoms with Gasteiger partial charge in [-0.1, -0.05) is 54.8 Å². The maximum absolute atomic E-state index is 13.2. The van der Waals surface area contributed by atoms with Crippen LogP contribution in [0.5, 0.6) is 0 Å². The molecule has 0 N–H and O–H groups in total. The Hall–Kier alpha value is -2.08. The molecule has 4 rings (SSSR count). The molecule has 0 saturated heterocycles. The highest BCUT2D eigenvalue weighted by Crippen LogP contribution is 2.25. The summed E-state index contributed by atoms with van der Waals surface area (Å²) in [5.41, 5.74) is 2.14. The molecule has 1 aromatic heterocycles. The largest absolute Gasteiger partial charge is 0.342 e. The van der Waals surface area contributed by atoms with Crippen LogP contribution in [0.4, 0.5) is 0 Å². The smallest absolute Gasteiger partial charge is 0.262 e. The van der Waals surface area contributed by atoms with E-state index in [1.54, 1.807) is 4.57 Å². The molecular weight excluding hydrogens is 406 g/mol. The Bertz CT molecular complexity index is 1010. The molecule has 1 fully saturated rings. The number of allylic oxidation sites excluding steroid dienone is 2. The third-order valence-electron chi connectivity index (χ3n) is 6.71. The number of para-hydroxylation sites is 1. The minimum Gasteiger partial charge on any atom is -0.342 e. The number of rotatable bonds is 7. The Kier molecular flexibility index (Phi) is 7.49. The van der Waals surface area contributed by atoms with Gasteiger partial charge in [0, 0.05) is 19.6 Å². The number of amides is 1. The van der Waals surface area contributed by atoms with Crippen molar-refractivity contribution < 1.29 is 4.79 Å². The summed E-state index contributed by atoms with van der Waals surface area (Å²) in [6.07, 6.45) is 13.9. The number of benzene rings is 1. The van der Waals surface area contributed by atoms with E-state index < -0.39 is 0 Å². The predicted octanol–water partition coefficient (Wildman–Crippen LogP) is 5.17. The van der Waals surface area contributed by atoms with Crippen molar-refractivity contribution >= 4 is 28.6 Å². The van der Waals surface area contributed by atoms with E-state index in [2.05, 4.69) is 6.08 Å². The van der Waals surface area contributed by atoms with Gasteiger partial charge in [-0.05, 0) is 57.1 Å². The summed E-state index contributed by atoms with van der Waals surface area (Å²) in [4.78, 5) is 32.8. The molecule has 2 aliphatic rings. The number of nitrogens with zero attached hydrogens (tertiary/aromatic N) is 3. The number of hydrogen-bond donors (Lipinski definition) is 0. The molecule has 0 spiro atoms. The fraction of sp³-hybridized carbons (Fsp3) is 0.560. The van der Waals surface area contributed by atoms with Crippen LogP contribution in [0.2, 0.25) is 0 Å². The predicted molar refractivity (Wildman–Crippen MR) is 128 cm³/mol. The van der Waals surface area contributed by atoms with E-state index in [4.69, 9.17) is 4.98 Å². The Morgan fingerprint density at radius 2 is 1.97 bits per heavy atom. The van der Waals surface area contributed by atoms with Gasteiger partial charge in [-0.25, -0.2) is 4.98 Å². The molecule has 0 bridgehead atoms. The summed E-state index contributed by atoms with van der Waals surface area (Å²) >= 11 is 1.40. The lowest BCUT2D eigenvalue weighted by molar-refractivity contribution is -0.129. The molecule has 0 aliphatic heterocycles. The number of thioether (sulfide) groups is 1. The number of aromatic nitrogens is 2. The molecule has 5 nitrogen and oxygen atoms in total. The highest BCUT2D eigenvalue weighted by molar-refractivity contribution is 7.99. The maximum Gasteiger partial charge on any atom is 0.262 e. The number of carbonyl (C=O) groups is 1. The van der Waals surface area contributed by atoms with E-state index in [0.29, 0.717) is 34.4 Å². The van der Waals surface area contributed by atoms with Crippen molar-refractivity contribution in [2.45, 2.75) is 82.0 Å². The van der Waals surface area contributed by atoms with Crippen LogP contribution in [0, 0.1) is 0 Å². The highest BCUT2D eigenvalue weighted by Gasteiger charge is 2.23. The van der Waals surface area contributed by atoms with E-state index >= 15 is 0 Å². The van der Waals surface area contributed by atoms with Gasteiger partial charge in [0.1, 0.15) is 0 Å². The zero-order chi connectivity index (χ0) is 21.6. The van der Waals surface area contributed by atoms with Gasteiger partial charge in [0.15, 0.2) is 5.16 Å². The van der Waals surface area contributed by atoms with E-state index in [9.17, 15) is 9.59 Å². The van der Waals surface area contributed by atoms with Crippen molar-refractivity contribution in [2.75, 3.05) is 12.8 Å². The standard InChI is InChI=1S/C25H33N3O2S/c1-27(20-12-6-3-7-13-20)23(29)18-31-25-26-22-15-9-8-14-21(22)24(30)28(25)17-16-19-10-4-2-5-11-19/h8-10,14-15,20H,2-7,11-13,16-18H2,1H3. The lowest BCUT2D eigenvalue weighted by Crippen LogP contribution is -2.39. The van der Waals surface area contributed by atoms with Gasteiger partial charge < -0.3 is 4.90 Å². The summed E-state index contributed by atoms with van der Waals surface area (Å²) < 4.78 is 1.79. The van der Waals surface area contributed by atoms with E-state index in [1.165, 1.54) is 49.4 Å². The number of fused-ring (bicyclic) bond motifs is 1. The van der Waals surface area contributed by atoms with Gasteiger partial charge in [-0.3, -0.25) is 14.2 Å². The van der Waals surface area contributed by atoms with Gasteiger partial charge in [0.05, 0.1) is 16.7 Å². The lowest BCUT2D eigenvalue weighted by atomic mass is 9.94. The molecule has 1 heterocycles. The van der Waals surface area contributed by atoms with Crippen molar-refractivity contribution in [1.29, 1.82) is 0 Å². The molecule has 0 radical (unpaired) electrons. The van der Waals surface area contributed by atoms with Crippen LogP contribution in [0.15, 0.2) is 45.9 Å². The van der Waals surface area contributed by atoms with Crippen molar-refractivity contribution in [3.63, 3.8) is 0 Å². The first-order valence-corrected chi connectivity index (χ1v) is 12.7. The zero-order valence-corrected chi connectivity index (χ0v) is 19.3. The average molecular weight is 440 g/mol. The van der Waals surface area contributed by atoms with Crippen LogP contribution >= 0.6 is 11.8 Å². The van der Waals surface area contributed by atoms with Crippen molar-refractivity contribution in [2.24, 2.45) is 0 Å². The topological polar surface area (TPSA) is 55.2 Å². The van der Waals surface area contributed by atoms with E-state index in [-0.39, 0.29) is 11.5 Å². The first kappa shape index (κ1) is 22.1. The van der Waals surface area contributed by atoms with E-state index in [1.807, 2.05) is 36.2 Å². The zero-order valence-electron chi connectivity index (χ0n) is 18.5. The third-order valence-corrected chi connectivity index (χ3v) is 7.67. The average Bonchev–Trinajstić information content (AvgIpc) is 2.83. The molecular formula is C25H33N3O2S. The summed E-state index contributed by atoms with van der Waals surface area (Å²) in [6, 6.07) is 7.87. The summed E-state index contributed by atoms with van der Waals surface area (Å²) in [5.74, 6) is 0.446. The van der Waals surface area contributed by atoms with E-state index in [0.717, 1.165) is 32.1 Å². The number of carbonyl (C=O) groups excluding carboxylic acids is 1. The molecule has 0 unspecified atom stereocenters. The minimum atomic E-state index is -0.00223. The Balaban J connectivity index is 1.52. The Labute approximate surface area is 188 Å². The number of hydrogen-bond acceptors (Lipinski definition) is 4. The van der Waals surface area contributed by atoms with Crippen molar-refractivity contribution in [1.82, 2.24) is 14.5 Å². The van der Waals surface area contributed by atoms with Crippen LogP contribution in [0.25, 0.3) is 10.9 Å². The van der Waals surface area contributed by atoms with Crippen LogP contribution in [-0.2, 0) is 11.3 Å². The molecule has 1 saturated carbocycles. The first-order valence-electron chi connectivity index (χ1n) is 11.7. The van der Waals surface area contributed by atoms with Crippen LogP contribution in [0.1, 0.15) is 64.2 Å². The lowest BCUT2D eigenvalue weighted by Gasteiger charge is -2.31. The fourth-order valence-corrected chi connectivity index (χ4v) is 5.69. The quantitative estimate of drug-likeness (QED) is 0.339. The maximum atomic E-state index is 13.2. The second kappa shape index (κ2) is 10.5. The Morgan fingerprint density at radius 3 is 2.74 bits per heavy atom. The molecule has 31 heavy (non-hydrogen) atoms.